The Morgan fingerprint density at radius 3 is 2.40 bits per heavy atom. The van der Waals surface area contributed by atoms with Gasteiger partial charge in [-0.05, 0) is 12.1 Å². The summed E-state index contributed by atoms with van der Waals surface area (Å²) in [5, 5.41) is 8.43. The molecule has 0 saturated carbocycles. The number of carboxylic acid groups (broad SMARTS) is 1. The first-order chi connectivity index (χ1) is 6.91. The number of alkyl halides is 2. The predicted octanol–water partition coefficient (Wildman–Crippen LogP) is 2.26. The van der Waals surface area contributed by atoms with Gasteiger partial charge in [0.25, 0.3) is 0 Å². The standard InChI is InChI=1S/C8H4F4O3/c9-4-1-3(7(13)14)2-5(6(4)10)15-8(11)12/h1-2,8H,(H,13,14). The van der Waals surface area contributed by atoms with Gasteiger partial charge in [-0.1, -0.05) is 0 Å². The quantitative estimate of drug-likeness (QED) is 0.801. The minimum absolute atomic E-state index is 0.371. The molecule has 0 atom stereocenters. The average molecular weight is 224 g/mol. The third kappa shape index (κ3) is 2.58. The van der Waals surface area contributed by atoms with Crippen LogP contribution in [0.15, 0.2) is 12.1 Å². The van der Waals surface area contributed by atoms with Crippen LogP contribution in [0.25, 0.3) is 0 Å². The monoisotopic (exact) mass is 224 g/mol. The molecule has 0 aliphatic carbocycles. The van der Waals surface area contributed by atoms with E-state index >= 15 is 0 Å². The van der Waals surface area contributed by atoms with E-state index in [1.807, 2.05) is 0 Å². The number of halogens is 4. The van der Waals surface area contributed by atoms with Gasteiger partial charge in [-0.2, -0.15) is 13.2 Å². The molecule has 0 aliphatic rings. The summed E-state index contributed by atoms with van der Waals surface area (Å²) in [5.41, 5.74) is -0.676. The average Bonchev–Trinajstić information content (AvgIpc) is 2.11. The Labute approximate surface area is 80.9 Å². The van der Waals surface area contributed by atoms with E-state index in [2.05, 4.69) is 4.74 Å². The lowest BCUT2D eigenvalue weighted by molar-refractivity contribution is -0.0526. The van der Waals surface area contributed by atoms with Crippen LogP contribution in [0.4, 0.5) is 17.6 Å². The van der Waals surface area contributed by atoms with Crippen molar-refractivity contribution in [3.05, 3.63) is 29.3 Å². The smallest absolute Gasteiger partial charge is 0.387 e. The molecule has 15 heavy (non-hydrogen) atoms. The molecule has 1 aromatic rings. The van der Waals surface area contributed by atoms with Gasteiger partial charge in [0.1, 0.15) is 0 Å². The Kier molecular flexibility index (Phi) is 3.13. The predicted molar refractivity (Wildman–Crippen MR) is 39.9 cm³/mol. The summed E-state index contributed by atoms with van der Waals surface area (Å²) in [6, 6.07) is 0.850. The number of aromatic carboxylic acids is 1. The minimum atomic E-state index is -3.36. The van der Waals surface area contributed by atoms with Crippen LogP contribution in [0.1, 0.15) is 10.4 Å². The van der Waals surface area contributed by atoms with E-state index in [0.29, 0.717) is 12.1 Å². The molecule has 1 rings (SSSR count). The van der Waals surface area contributed by atoms with Crippen molar-refractivity contribution in [1.29, 1.82) is 0 Å². The first-order valence-corrected chi connectivity index (χ1v) is 3.59. The number of hydrogen-bond donors (Lipinski definition) is 1. The van der Waals surface area contributed by atoms with Crippen LogP contribution in [0.3, 0.4) is 0 Å². The maximum Gasteiger partial charge on any atom is 0.387 e. The molecule has 0 aliphatic heterocycles. The number of rotatable bonds is 3. The maximum atomic E-state index is 12.8. The van der Waals surface area contributed by atoms with Gasteiger partial charge in [0.05, 0.1) is 5.56 Å². The van der Waals surface area contributed by atoms with E-state index in [4.69, 9.17) is 5.11 Å². The van der Waals surface area contributed by atoms with Crippen molar-refractivity contribution < 1.29 is 32.2 Å². The zero-order chi connectivity index (χ0) is 11.6. The van der Waals surface area contributed by atoms with Crippen LogP contribution in [-0.4, -0.2) is 17.7 Å². The Balaban J connectivity index is 3.19. The normalized spacial score (nSPS) is 10.5. The highest BCUT2D eigenvalue weighted by Gasteiger charge is 2.18. The third-order valence-corrected chi connectivity index (χ3v) is 1.46. The Hall–Kier alpha value is -1.79. The Bertz CT molecular complexity index is 392. The van der Waals surface area contributed by atoms with Crippen molar-refractivity contribution in [1.82, 2.24) is 0 Å². The molecule has 82 valence electrons. The molecule has 1 aromatic carbocycles. The third-order valence-electron chi connectivity index (χ3n) is 1.46. The van der Waals surface area contributed by atoms with E-state index in [9.17, 15) is 22.4 Å². The minimum Gasteiger partial charge on any atom is -0.478 e. The van der Waals surface area contributed by atoms with Crippen LogP contribution < -0.4 is 4.74 Å². The van der Waals surface area contributed by atoms with Crippen molar-refractivity contribution in [3.8, 4) is 5.75 Å². The number of hydrogen-bond acceptors (Lipinski definition) is 2. The largest absolute Gasteiger partial charge is 0.478 e. The van der Waals surface area contributed by atoms with Crippen LogP contribution in [0.2, 0.25) is 0 Å². The molecule has 0 fully saturated rings. The highest BCUT2D eigenvalue weighted by Crippen LogP contribution is 2.23. The van der Waals surface area contributed by atoms with E-state index < -0.39 is 35.5 Å². The molecule has 7 heteroatoms. The van der Waals surface area contributed by atoms with Crippen molar-refractivity contribution in [3.63, 3.8) is 0 Å². The summed E-state index contributed by atoms with van der Waals surface area (Å²) in [4.78, 5) is 10.4. The molecule has 0 amide bonds. The zero-order valence-corrected chi connectivity index (χ0v) is 7.01. The lowest BCUT2D eigenvalue weighted by Gasteiger charge is -2.06. The van der Waals surface area contributed by atoms with Gasteiger partial charge in [-0.3, -0.25) is 0 Å². The highest BCUT2D eigenvalue weighted by atomic mass is 19.3. The summed E-state index contributed by atoms with van der Waals surface area (Å²) >= 11 is 0. The fourth-order valence-corrected chi connectivity index (χ4v) is 0.869. The molecule has 0 saturated heterocycles. The second-order valence-corrected chi connectivity index (χ2v) is 2.45. The zero-order valence-electron chi connectivity index (χ0n) is 7.01. The number of benzene rings is 1. The summed E-state index contributed by atoms with van der Waals surface area (Å²) in [6.45, 7) is -3.36. The van der Waals surface area contributed by atoms with Crippen molar-refractivity contribution in [2.24, 2.45) is 0 Å². The van der Waals surface area contributed by atoms with E-state index in [-0.39, 0.29) is 0 Å². The topological polar surface area (TPSA) is 46.5 Å². The van der Waals surface area contributed by atoms with Gasteiger partial charge >= 0.3 is 12.6 Å². The summed E-state index contributed by atoms with van der Waals surface area (Å²) in [7, 11) is 0. The van der Waals surface area contributed by atoms with Gasteiger partial charge in [0.15, 0.2) is 11.6 Å². The lowest BCUT2D eigenvalue weighted by Crippen LogP contribution is -2.07. The van der Waals surface area contributed by atoms with Gasteiger partial charge in [-0.15, -0.1) is 0 Å². The van der Waals surface area contributed by atoms with Crippen LogP contribution in [-0.2, 0) is 0 Å². The highest BCUT2D eigenvalue weighted by molar-refractivity contribution is 5.88. The SMILES string of the molecule is O=C(O)c1cc(F)c(F)c(OC(F)F)c1. The van der Waals surface area contributed by atoms with Gasteiger partial charge in [0.2, 0.25) is 5.82 Å². The number of carbonyl (C=O) groups is 1. The Morgan fingerprint density at radius 2 is 1.93 bits per heavy atom. The van der Waals surface area contributed by atoms with Crippen molar-refractivity contribution in [2.45, 2.75) is 6.61 Å². The molecule has 0 spiro atoms. The van der Waals surface area contributed by atoms with E-state index in [0.717, 1.165) is 0 Å². The van der Waals surface area contributed by atoms with Crippen LogP contribution >= 0.6 is 0 Å². The van der Waals surface area contributed by atoms with Crippen molar-refractivity contribution >= 4 is 5.97 Å². The van der Waals surface area contributed by atoms with E-state index in [1.165, 1.54) is 0 Å². The van der Waals surface area contributed by atoms with Gasteiger partial charge in [0, 0.05) is 0 Å². The molecule has 0 radical (unpaired) electrons. The molecule has 1 N–H and O–H groups in total. The summed E-state index contributed by atoms with van der Waals surface area (Å²) in [6.07, 6.45) is 0. The Morgan fingerprint density at radius 1 is 1.33 bits per heavy atom. The molecule has 0 bridgehead atoms. The number of carboxylic acids is 1. The molecule has 0 heterocycles. The first-order valence-electron chi connectivity index (χ1n) is 3.59. The second-order valence-electron chi connectivity index (χ2n) is 2.45. The second kappa shape index (κ2) is 4.16. The van der Waals surface area contributed by atoms with Crippen LogP contribution in [0, 0.1) is 11.6 Å². The van der Waals surface area contributed by atoms with Crippen molar-refractivity contribution in [2.75, 3.05) is 0 Å². The summed E-state index contributed by atoms with van der Waals surface area (Å²) < 4.78 is 52.5. The van der Waals surface area contributed by atoms with Gasteiger partial charge in [-0.25, -0.2) is 9.18 Å². The molecular formula is C8H4F4O3. The molecular weight excluding hydrogens is 220 g/mol. The molecule has 0 aromatic heterocycles. The maximum absolute atomic E-state index is 12.8. The fourth-order valence-electron chi connectivity index (χ4n) is 0.869. The summed E-state index contributed by atoms with van der Waals surface area (Å²) in [5.74, 6) is -5.93. The fraction of sp³-hybridized carbons (Fsp3) is 0.125. The first kappa shape index (κ1) is 11.3. The molecule has 0 unspecified atom stereocenters. The number of ether oxygens (including phenoxy) is 1. The van der Waals surface area contributed by atoms with Gasteiger partial charge < -0.3 is 9.84 Å². The van der Waals surface area contributed by atoms with E-state index in [1.54, 1.807) is 0 Å². The lowest BCUT2D eigenvalue weighted by atomic mass is 10.2. The van der Waals surface area contributed by atoms with Crippen LogP contribution in [0.5, 0.6) is 5.75 Å². The molecule has 3 nitrogen and oxygen atoms in total.